The normalized spacial score (nSPS) is 14.2. The maximum absolute atomic E-state index is 11.4. The zero-order valence-corrected chi connectivity index (χ0v) is 14.3. The van der Waals surface area contributed by atoms with Crippen LogP contribution >= 0.6 is 11.6 Å². The zero-order valence-electron chi connectivity index (χ0n) is 13.6. The standard InChI is InChI=1S/C18H22ClNO3/c1-18(2)13-14-7-5-8-15(17(14)23-18)22-12-4-3-11-20-16(21)9-6-10-19/h5,7-8H,6,9-13H2,1-2H3,(H,20,21). The molecule has 0 unspecified atom stereocenters. The summed E-state index contributed by atoms with van der Waals surface area (Å²) in [4.78, 5) is 11.4. The molecule has 0 radical (unpaired) electrons. The lowest BCUT2D eigenvalue weighted by Gasteiger charge is -2.17. The first kappa shape index (κ1) is 17.5. The predicted molar refractivity (Wildman–Crippen MR) is 91.1 cm³/mol. The highest BCUT2D eigenvalue weighted by molar-refractivity contribution is 6.17. The summed E-state index contributed by atoms with van der Waals surface area (Å²) in [7, 11) is 0. The fourth-order valence-electron chi connectivity index (χ4n) is 2.39. The quantitative estimate of drug-likeness (QED) is 0.642. The van der Waals surface area contributed by atoms with Crippen LogP contribution in [0.3, 0.4) is 0 Å². The van der Waals surface area contributed by atoms with E-state index in [9.17, 15) is 4.79 Å². The van der Waals surface area contributed by atoms with Crippen molar-refractivity contribution in [2.75, 3.05) is 19.0 Å². The number of para-hydroxylation sites is 1. The molecule has 0 spiro atoms. The summed E-state index contributed by atoms with van der Waals surface area (Å²) in [5.74, 6) is 7.75. The van der Waals surface area contributed by atoms with Crippen LogP contribution in [0, 0.1) is 11.8 Å². The molecule has 0 atom stereocenters. The monoisotopic (exact) mass is 335 g/mol. The molecule has 1 aromatic rings. The van der Waals surface area contributed by atoms with E-state index < -0.39 is 0 Å². The van der Waals surface area contributed by atoms with Crippen molar-refractivity contribution >= 4 is 17.5 Å². The molecule has 1 amide bonds. The van der Waals surface area contributed by atoms with Gasteiger partial charge in [0.15, 0.2) is 11.5 Å². The molecule has 23 heavy (non-hydrogen) atoms. The van der Waals surface area contributed by atoms with Gasteiger partial charge in [-0.15, -0.1) is 11.6 Å². The Hall–Kier alpha value is -1.86. The number of hydrogen-bond donors (Lipinski definition) is 1. The Bertz CT molecular complexity index is 616. The van der Waals surface area contributed by atoms with Crippen LogP contribution in [0.5, 0.6) is 11.5 Å². The summed E-state index contributed by atoms with van der Waals surface area (Å²) in [6.07, 6.45) is 1.99. The van der Waals surface area contributed by atoms with E-state index >= 15 is 0 Å². The summed E-state index contributed by atoms with van der Waals surface area (Å²) < 4.78 is 11.6. The molecule has 1 aliphatic heterocycles. The van der Waals surface area contributed by atoms with Gasteiger partial charge in [0.05, 0.1) is 6.54 Å². The van der Waals surface area contributed by atoms with Gasteiger partial charge in [0, 0.05) is 24.3 Å². The number of fused-ring (bicyclic) bond motifs is 1. The number of ether oxygens (including phenoxy) is 2. The van der Waals surface area contributed by atoms with Crippen LogP contribution < -0.4 is 14.8 Å². The molecular weight excluding hydrogens is 314 g/mol. The van der Waals surface area contributed by atoms with Crippen molar-refractivity contribution in [2.45, 2.75) is 38.7 Å². The van der Waals surface area contributed by atoms with Crippen molar-refractivity contribution in [1.82, 2.24) is 5.32 Å². The second kappa shape index (κ2) is 8.12. The van der Waals surface area contributed by atoms with Crippen molar-refractivity contribution in [3.63, 3.8) is 0 Å². The Kier molecular flexibility index (Phi) is 6.18. The van der Waals surface area contributed by atoms with Crippen molar-refractivity contribution in [3.8, 4) is 23.3 Å². The molecule has 1 N–H and O–H groups in total. The molecule has 1 aliphatic rings. The summed E-state index contributed by atoms with van der Waals surface area (Å²) in [6.45, 7) is 4.70. The molecule has 124 valence electrons. The smallest absolute Gasteiger partial charge is 0.220 e. The highest BCUT2D eigenvalue weighted by Gasteiger charge is 2.32. The third kappa shape index (κ3) is 5.37. The van der Waals surface area contributed by atoms with Crippen LogP contribution in [0.2, 0.25) is 0 Å². The first-order valence-corrected chi connectivity index (χ1v) is 8.27. The van der Waals surface area contributed by atoms with Crippen LogP contribution in [0.1, 0.15) is 32.3 Å². The Morgan fingerprint density at radius 1 is 1.43 bits per heavy atom. The first-order valence-electron chi connectivity index (χ1n) is 7.74. The third-order valence-electron chi connectivity index (χ3n) is 3.39. The molecule has 0 aliphatic carbocycles. The number of rotatable bonds is 6. The van der Waals surface area contributed by atoms with E-state index in [0.717, 1.165) is 17.7 Å². The van der Waals surface area contributed by atoms with Gasteiger partial charge >= 0.3 is 0 Å². The Morgan fingerprint density at radius 2 is 2.26 bits per heavy atom. The van der Waals surface area contributed by atoms with E-state index in [1.807, 2.05) is 12.1 Å². The average Bonchev–Trinajstić information content (AvgIpc) is 2.83. The number of halogens is 1. The lowest BCUT2D eigenvalue weighted by Crippen LogP contribution is -2.24. The summed E-state index contributed by atoms with van der Waals surface area (Å²) >= 11 is 5.53. The minimum Gasteiger partial charge on any atom is -0.483 e. The number of amides is 1. The zero-order chi connectivity index (χ0) is 16.7. The number of alkyl halides is 1. The number of nitrogens with one attached hydrogen (secondary N) is 1. The van der Waals surface area contributed by atoms with Gasteiger partial charge in [-0.1, -0.05) is 24.0 Å². The van der Waals surface area contributed by atoms with Gasteiger partial charge < -0.3 is 14.8 Å². The number of carbonyl (C=O) groups excluding carboxylic acids is 1. The van der Waals surface area contributed by atoms with Crippen molar-refractivity contribution in [1.29, 1.82) is 0 Å². The number of benzene rings is 1. The highest BCUT2D eigenvalue weighted by Crippen LogP contribution is 2.41. The van der Waals surface area contributed by atoms with Crippen molar-refractivity contribution < 1.29 is 14.3 Å². The average molecular weight is 336 g/mol. The molecule has 1 heterocycles. The van der Waals surface area contributed by atoms with Crippen LogP contribution in [-0.4, -0.2) is 30.5 Å². The van der Waals surface area contributed by atoms with Gasteiger partial charge in [0.1, 0.15) is 12.2 Å². The molecule has 0 bridgehead atoms. The Morgan fingerprint density at radius 3 is 3.04 bits per heavy atom. The van der Waals surface area contributed by atoms with E-state index in [1.165, 1.54) is 0 Å². The minimum atomic E-state index is -0.194. The van der Waals surface area contributed by atoms with Crippen LogP contribution in [0.25, 0.3) is 0 Å². The minimum absolute atomic E-state index is 0.0302. The first-order chi connectivity index (χ1) is 11.0. The summed E-state index contributed by atoms with van der Waals surface area (Å²) in [6, 6.07) is 5.90. The van der Waals surface area contributed by atoms with E-state index in [1.54, 1.807) is 0 Å². The molecule has 0 saturated heterocycles. The van der Waals surface area contributed by atoms with Gasteiger partial charge in [-0.3, -0.25) is 4.79 Å². The predicted octanol–water partition coefficient (Wildman–Crippen LogP) is 2.92. The largest absolute Gasteiger partial charge is 0.483 e. The van der Waals surface area contributed by atoms with Crippen molar-refractivity contribution in [2.24, 2.45) is 0 Å². The molecular formula is C18H22ClNO3. The summed E-state index contributed by atoms with van der Waals surface area (Å²) in [5.41, 5.74) is 0.966. The SMILES string of the molecule is CC1(C)Cc2cccc(OCC#CCNC(=O)CCCCl)c2O1. The topological polar surface area (TPSA) is 47.6 Å². The maximum Gasteiger partial charge on any atom is 0.220 e. The fourth-order valence-corrected chi connectivity index (χ4v) is 2.52. The fraction of sp³-hybridized carbons (Fsp3) is 0.500. The molecule has 2 rings (SSSR count). The second-order valence-corrected chi connectivity index (χ2v) is 6.37. The van der Waals surface area contributed by atoms with E-state index in [2.05, 4.69) is 37.1 Å². The second-order valence-electron chi connectivity index (χ2n) is 5.99. The lowest BCUT2D eigenvalue weighted by atomic mass is 10.0. The molecule has 1 aromatic carbocycles. The van der Waals surface area contributed by atoms with Crippen LogP contribution in [0.15, 0.2) is 18.2 Å². The molecule has 0 saturated carbocycles. The number of carbonyl (C=O) groups is 1. The molecule has 0 aromatic heterocycles. The van der Waals surface area contributed by atoms with E-state index in [0.29, 0.717) is 31.0 Å². The van der Waals surface area contributed by atoms with Gasteiger partial charge in [0.25, 0.3) is 0 Å². The maximum atomic E-state index is 11.4. The van der Waals surface area contributed by atoms with Gasteiger partial charge in [-0.25, -0.2) is 0 Å². The Labute approximate surface area is 142 Å². The van der Waals surface area contributed by atoms with Gasteiger partial charge in [-0.05, 0) is 26.3 Å². The van der Waals surface area contributed by atoms with Crippen molar-refractivity contribution in [3.05, 3.63) is 23.8 Å². The van der Waals surface area contributed by atoms with Crippen LogP contribution in [-0.2, 0) is 11.2 Å². The number of hydrogen-bond acceptors (Lipinski definition) is 3. The van der Waals surface area contributed by atoms with E-state index in [4.69, 9.17) is 21.1 Å². The summed E-state index contributed by atoms with van der Waals surface area (Å²) in [5, 5.41) is 2.72. The Balaban J connectivity index is 1.77. The van der Waals surface area contributed by atoms with Gasteiger partial charge in [0.2, 0.25) is 5.91 Å². The van der Waals surface area contributed by atoms with E-state index in [-0.39, 0.29) is 18.1 Å². The highest BCUT2D eigenvalue weighted by atomic mass is 35.5. The molecule has 0 fully saturated rings. The van der Waals surface area contributed by atoms with Gasteiger partial charge in [-0.2, -0.15) is 0 Å². The molecule has 5 heteroatoms. The third-order valence-corrected chi connectivity index (χ3v) is 3.66. The molecule has 4 nitrogen and oxygen atoms in total. The van der Waals surface area contributed by atoms with Crippen LogP contribution in [0.4, 0.5) is 0 Å². The lowest BCUT2D eigenvalue weighted by molar-refractivity contribution is -0.120.